The minimum atomic E-state index is -4.53. The first-order chi connectivity index (χ1) is 16.2. The third kappa shape index (κ3) is 4.91. The molecule has 34 heavy (non-hydrogen) atoms. The Labute approximate surface area is 198 Å². The summed E-state index contributed by atoms with van der Waals surface area (Å²) in [5.74, 6) is 0.240. The molecule has 3 aromatic heterocycles. The molecule has 11 heteroatoms. The Bertz CT molecular complexity index is 1340. The summed E-state index contributed by atoms with van der Waals surface area (Å²) in [4.78, 5) is 12.1. The van der Waals surface area contributed by atoms with Crippen molar-refractivity contribution in [3.8, 4) is 11.4 Å². The first-order valence-corrected chi connectivity index (χ1v) is 11.0. The fraction of sp³-hybridized carbons (Fsp3) is 0.304. The van der Waals surface area contributed by atoms with Crippen LogP contribution in [0.2, 0.25) is 5.28 Å². The largest absolute Gasteiger partial charge is 0.501 e. The fourth-order valence-electron chi connectivity index (χ4n) is 3.51. The van der Waals surface area contributed by atoms with Crippen molar-refractivity contribution in [2.45, 2.75) is 39.5 Å². The molecule has 0 saturated heterocycles. The van der Waals surface area contributed by atoms with Crippen LogP contribution in [-0.2, 0) is 17.5 Å². The number of hydrogen-bond donors (Lipinski definition) is 0. The molecule has 0 saturated carbocycles. The highest BCUT2D eigenvalue weighted by Gasteiger charge is 2.35. The Balaban J connectivity index is 1.78. The zero-order chi connectivity index (χ0) is 24.5. The molecule has 0 aliphatic carbocycles. The first kappa shape index (κ1) is 23.7. The molecule has 0 fully saturated rings. The Kier molecular flexibility index (Phi) is 6.60. The second-order valence-electron chi connectivity index (χ2n) is 7.84. The molecule has 3 heterocycles. The fourth-order valence-corrected chi connectivity index (χ4v) is 3.64. The van der Waals surface area contributed by atoms with Gasteiger partial charge >= 0.3 is 6.18 Å². The van der Waals surface area contributed by atoms with E-state index in [4.69, 9.17) is 16.3 Å². The second kappa shape index (κ2) is 9.46. The minimum absolute atomic E-state index is 0.113. The van der Waals surface area contributed by atoms with Gasteiger partial charge in [0.2, 0.25) is 5.28 Å². The van der Waals surface area contributed by atoms with Crippen molar-refractivity contribution < 1.29 is 17.9 Å². The highest BCUT2D eigenvalue weighted by Crippen LogP contribution is 2.33. The highest BCUT2D eigenvalue weighted by molar-refractivity contribution is 6.28. The molecule has 0 bridgehead atoms. The number of benzene rings is 1. The van der Waals surface area contributed by atoms with E-state index in [1.165, 1.54) is 4.57 Å². The molecule has 0 spiro atoms. The number of fused-ring (bicyclic) bond motifs is 1. The lowest BCUT2D eigenvalue weighted by Gasteiger charge is -2.14. The molecule has 178 valence electrons. The van der Waals surface area contributed by atoms with Crippen LogP contribution in [0.4, 0.5) is 13.2 Å². The van der Waals surface area contributed by atoms with Gasteiger partial charge in [-0.05, 0) is 55.6 Å². The number of rotatable bonds is 7. The standard InChI is InChI=1S/C23H22ClF3N6O/c1-4-34-8-7-15-9-16(20-30-19(23(25,26)27)13-32(20)14(2)3)5-6-17(15)12-33-21-18(11-29-33)10-28-22(24)31-21/h5-11,13-14H,4,12H2,1-3H3/b8-7+. The molecule has 0 N–H and O–H groups in total. The van der Waals surface area contributed by atoms with Crippen LogP contribution in [0.5, 0.6) is 0 Å². The van der Waals surface area contributed by atoms with Crippen molar-refractivity contribution >= 4 is 28.7 Å². The molecule has 7 nitrogen and oxygen atoms in total. The SMILES string of the molecule is CCO/C=C/c1cc(-c2nc(C(F)(F)F)cn2C(C)C)ccc1Cn1ncc2cnc(Cl)nc21. The summed E-state index contributed by atoms with van der Waals surface area (Å²) in [6, 6.07) is 5.17. The molecule has 0 amide bonds. The van der Waals surface area contributed by atoms with Crippen molar-refractivity contribution in [3.63, 3.8) is 0 Å². The van der Waals surface area contributed by atoms with E-state index < -0.39 is 11.9 Å². The normalized spacial score (nSPS) is 12.4. The van der Waals surface area contributed by atoms with Gasteiger partial charge in [-0.15, -0.1) is 0 Å². The monoisotopic (exact) mass is 490 g/mol. The Morgan fingerprint density at radius 1 is 1.18 bits per heavy atom. The number of aromatic nitrogens is 6. The average molecular weight is 491 g/mol. The maximum absolute atomic E-state index is 13.3. The van der Waals surface area contributed by atoms with E-state index in [0.29, 0.717) is 24.4 Å². The van der Waals surface area contributed by atoms with Crippen LogP contribution in [-0.4, -0.2) is 35.9 Å². The predicted molar refractivity (Wildman–Crippen MR) is 123 cm³/mol. The number of hydrogen-bond acceptors (Lipinski definition) is 5. The lowest BCUT2D eigenvalue weighted by atomic mass is 10.0. The van der Waals surface area contributed by atoms with Gasteiger partial charge in [-0.3, -0.25) is 0 Å². The molecule has 0 radical (unpaired) electrons. The summed E-state index contributed by atoms with van der Waals surface area (Å²) < 4.78 is 48.6. The summed E-state index contributed by atoms with van der Waals surface area (Å²) in [6.45, 7) is 6.32. The molecule has 0 atom stereocenters. The Morgan fingerprint density at radius 3 is 2.68 bits per heavy atom. The minimum Gasteiger partial charge on any atom is -0.501 e. The van der Waals surface area contributed by atoms with E-state index in [1.807, 2.05) is 26.8 Å². The summed E-state index contributed by atoms with van der Waals surface area (Å²) >= 11 is 5.95. The van der Waals surface area contributed by atoms with E-state index in [-0.39, 0.29) is 17.1 Å². The van der Waals surface area contributed by atoms with Crippen molar-refractivity contribution in [3.05, 3.63) is 65.2 Å². The molecule has 0 aliphatic rings. The van der Waals surface area contributed by atoms with Gasteiger partial charge in [0.1, 0.15) is 5.82 Å². The van der Waals surface area contributed by atoms with E-state index in [1.54, 1.807) is 41.5 Å². The Hall–Kier alpha value is -3.40. The number of nitrogens with zero attached hydrogens (tertiary/aromatic N) is 6. The topological polar surface area (TPSA) is 70.7 Å². The molecular weight excluding hydrogens is 469 g/mol. The summed E-state index contributed by atoms with van der Waals surface area (Å²) in [6.07, 6.45) is 3.08. The summed E-state index contributed by atoms with van der Waals surface area (Å²) in [5.41, 5.74) is 1.82. The van der Waals surface area contributed by atoms with Crippen LogP contribution in [0, 0.1) is 0 Å². The molecule has 0 unspecified atom stereocenters. The van der Waals surface area contributed by atoms with Gasteiger partial charge in [-0.1, -0.05) is 12.1 Å². The van der Waals surface area contributed by atoms with Crippen molar-refractivity contribution in [1.82, 2.24) is 29.3 Å². The van der Waals surface area contributed by atoms with Crippen molar-refractivity contribution in [1.29, 1.82) is 0 Å². The number of imidazole rings is 1. The highest BCUT2D eigenvalue weighted by atomic mass is 35.5. The van der Waals surface area contributed by atoms with Crippen LogP contribution in [0.1, 0.15) is 43.6 Å². The maximum Gasteiger partial charge on any atom is 0.434 e. The van der Waals surface area contributed by atoms with Crippen LogP contribution in [0.25, 0.3) is 28.5 Å². The van der Waals surface area contributed by atoms with Gasteiger partial charge in [0.25, 0.3) is 0 Å². The smallest absolute Gasteiger partial charge is 0.434 e. The maximum atomic E-state index is 13.3. The third-order valence-electron chi connectivity index (χ3n) is 5.16. The van der Waals surface area contributed by atoms with Crippen molar-refractivity contribution in [2.75, 3.05) is 6.61 Å². The molecule has 4 rings (SSSR count). The van der Waals surface area contributed by atoms with E-state index >= 15 is 0 Å². The van der Waals surface area contributed by atoms with Crippen LogP contribution < -0.4 is 0 Å². The van der Waals surface area contributed by atoms with Gasteiger partial charge in [0.15, 0.2) is 11.3 Å². The molecule has 1 aromatic carbocycles. The van der Waals surface area contributed by atoms with Crippen molar-refractivity contribution in [2.24, 2.45) is 0 Å². The zero-order valence-corrected chi connectivity index (χ0v) is 19.5. The Morgan fingerprint density at radius 2 is 1.97 bits per heavy atom. The second-order valence-corrected chi connectivity index (χ2v) is 8.18. The molecule has 4 aromatic rings. The van der Waals surface area contributed by atoms with Gasteiger partial charge in [-0.2, -0.15) is 23.3 Å². The number of ether oxygens (including phenoxy) is 1. The van der Waals surface area contributed by atoms with E-state index in [2.05, 4.69) is 20.1 Å². The lowest BCUT2D eigenvalue weighted by molar-refractivity contribution is -0.140. The zero-order valence-electron chi connectivity index (χ0n) is 18.7. The van der Waals surface area contributed by atoms with E-state index in [0.717, 1.165) is 22.7 Å². The van der Waals surface area contributed by atoms with Crippen LogP contribution >= 0.6 is 11.6 Å². The third-order valence-corrected chi connectivity index (χ3v) is 5.34. The lowest BCUT2D eigenvalue weighted by Crippen LogP contribution is -2.06. The average Bonchev–Trinajstić information content (AvgIpc) is 3.40. The van der Waals surface area contributed by atoms with Gasteiger partial charge in [-0.25, -0.2) is 14.6 Å². The summed E-state index contributed by atoms with van der Waals surface area (Å²) in [5, 5.41) is 5.23. The first-order valence-electron chi connectivity index (χ1n) is 10.6. The van der Waals surface area contributed by atoms with E-state index in [9.17, 15) is 13.2 Å². The quantitative estimate of drug-likeness (QED) is 0.235. The number of alkyl halides is 3. The van der Waals surface area contributed by atoms with Gasteiger partial charge < -0.3 is 9.30 Å². The summed E-state index contributed by atoms with van der Waals surface area (Å²) in [7, 11) is 0. The molecular formula is C23H22ClF3N6O. The van der Waals surface area contributed by atoms with Gasteiger partial charge in [0, 0.05) is 24.0 Å². The predicted octanol–water partition coefficient (Wildman–Crippen LogP) is 6.00. The number of halogens is 4. The van der Waals surface area contributed by atoms with Gasteiger partial charge in [0.05, 0.1) is 31.0 Å². The van der Waals surface area contributed by atoms with Crippen LogP contribution in [0.3, 0.4) is 0 Å². The molecule has 0 aliphatic heterocycles. The van der Waals surface area contributed by atoms with Crippen LogP contribution in [0.15, 0.2) is 43.1 Å².